The summed E-state index contributed by atoms with van der Waals surface area (Å²) in [5, 5.41) is 0. The van der Waals surface area contributed by atoms with Gasteiger partial charge in [-0.3, -0.25) is 4.79 Å². The summed E-state index contributed by atoms with van der Waals surface area (Å²) in [5.74, 6) is 1.01. The van der Waals surface area contributed by atoms with E-state index in [1.54, 1.807) is 37.4 Å². The molecule has 2 aliphatic heterocycles. The second-order valence-electron chi connectivity index (χ2n) is 7.63. The number of benzene rings is 2. The maximum absolute atomic E-state index is 13.2. The fourth-order valence-electron chi connectivity index (χ4n) is 4.32. The van der Waals surface area contributed by atoms with Crippen molar-refractivity contribution in [3.63, 3.8) is 0 Å². The first kappa shape index (κ1) is 19.9. The monoisotopic (exact) mass is 414 g/mol. The van der Waals surface area contributed by atoms with E-state index < -0.39 is 16.1 Å². The zero-order chi connectivity index (χ0) is 20.4. The van der Waals surface area contributed by atoms with Crippen molar-refractivity contribution in [3.8, 4) is 5.75 Å². The zero-order valence-corrected chi connectivity index (χ0v) is 17.3. The third-order valence-corrected chi connectivity index (χ3v) is 7.85. The van der Waals surface area contributed by atoms with Gasteiger partial charge in [0.15, 0.2) is 0 Å². The van der Waals surface area contributed by atoms with Gasteiger partial charge < -0.3 is 9.64 Å². The van der Waals surface area contributed by atoms with E-state index in [4.69, 9.17) is 4.74 Å². The van der Waals surface area contributed by atoms with Gasteiger partial charge in [-0.05, 0) is 49.1 Å². The molecule has 2 fully saturated rings. The minimum atomic E-state index is -3.66. The minimum Gasteiger partial charge on any atom is -0.497 e. The summed E-state index contributed by atoms with van der Waals surface area (Å²) in [7, 11) is -2.02. The van der Waals surface area contributed by atoms with E-state index in [-0.39, 0.29) is 16.7 Å². The Kier molecular flexibility index (Phi) is 5.61. The van der Waals surface area contributed by atoms with Crippen molar-refractivity contribution in [1.29, 1.82) is 0 Å². The summed E-state index contributed by atoms with van der Waals surface area (Å²) in [4.78, 5) is 15.3. The van der Waals surface area contributed by atoms with Crippen LogP contribution in [-0.4, -0.2) is 56.3 Å². The normalized spacial score (nSPS) is 22.7. The van der Waals surface area contributed by atoms with E-state index in [1.807, 2.05) is 29.2 Å². The van der Waals surface area contributed by atoms with Crippen LogP contribution in [0.2, 0.25) is 0 Å². The molecule has 0 aromatic heterocycles. The molecule has 0 aliphatic carbocycles. The molecule has 6 nitrogen and oxygen atoms in total. The molecule has 1 amide bonds. The second-order valence-corrected chi connectivity index (χ2v) is 9.52. The Labute approximate surface area is 172 Å². The van der Waals surface area contributed by atoms with Crippen LogP contribution in [0.25, 0.3) is 0 Å². The SMILES string of the molecule is COc1ccc(C2CCN(C(=O)C3CCCN3S(=O)(=O)c3ccccc3)C2)cc1. The highest BCUT2D eigenvalue weighted by molar-refractivity contribution is 7.89. The Hall–Kier alpha value is -2.38. The number of ether oxygens (including phenoxy) is 1. The van der Waals surface area contributed by atoms with Crippen LogP contribution in [0.3, 0.4) is 0 Å². The van der Waals surface area contributed by atoms with Crippen molar-refractivity contribution >= 4 is 15.9 Å². The molecular formula is C22H26N2O4S. The number of rotatable bonds is 5. The van der Waals surface area contributed by atoms with Crippen molar-refractivity contribution in [2.24, 2.45) is 0 Å². The van der Waals surface area contributed by atoms with E-state index in [0.29, 0.717) is 32.5 Å². The number of carbonyl (C=O) groups excluding carboxylic acids is 1. The van der Waals surface area contributed by atoms with Gasteiger partial charge in [0.2, 0.25) is 15.9 Å². The molecule has 2 saturated heterocycles. The summed E-state index contributed by atoms with van der Waals surface area (Å²) < 4.78 is 32.7. The average molecular weight is 415 g/mol. The van der Waals surface area contributed by atoms with Gasteiger partial charge in [-0.2, -0.15) is 4.31 Å². The Morgan fingerprint density at radius 3 is 2.41 bits per heavy atom. The lowest BCUT2D eigenvalue weighted by atomic mass is 9.98. The first-order valence-electron chi connectivity index (χ1n) is 10.0. The number of hydrogen-bond acceptors (Lipinski definition) is 4. The van der Waals surface area contributed by atoms with Crippen LogP contribution in [0, 0.1) is 0 Å². The van der Waals surface area contributed by atoms with E-state index in [1.165, 1.54) is 9.87 Å². The number of amides is 1. The van der Waals surface area contributed by atoms with Crippen molar-refractivity contribution in [2.75, 3.05) is 26.7 Å². The maximum Gasteiger partial charge on any atom is 0.243 e. The lowest BCUT2D eigenvalue weighted by Gasteiger charge is -2.27. The van der Waals surface area contributed by atoms with Crippen molar-refractivity contribution in [1.82, 2.24) is 9.21 Å². The Morgan fingerprint density at radius 1 is 1.00 bits per heavy atom. The van der Waals surface area contributed by atoms with E-state index in [2.05, 4.69) is 0 Å². The van der Waals surface area contributed by atoms with Crippen molar-refractivity contribution in [2.45, 2.75) is 36.1 Å². The molecule has 2 aromatic carbocycles. The highest BCUT2D eigenvalue weighted by Crippen LogP contribution is 2.32. The van der Waals surface area contributed by atoms with Gasteiger partial charge in [-0.1, -0.05) is 30.3 Å². The summed E-state index contributed by atoms with van der Waals surface area (Å²) in [6.45, 7) is 1.68. The van der Waals surface area contributed by atoms with E-state index in [9.17, 15) is 13.2 Å². The molecule has 0 saturated carbocycles. The average Bonchev–Trinajstić information content (AvgIpc) is 3.44. The lowest BCUT2D eigenvalue weighted by Crippen LogP contribution is -2.47. The predicted octanol–water partition coefficient (Wildman–Crippen LogP) is 2.86. The third kappa shape index (κ3) is 3.89. The van der Waals surface area contributed by atoms with Crippen LogP contribution < -0.4 is 4.74 Å². The van der Waals surface area contributed by atoms with Gasteiger partial charge in [0, 0.05) is 25.6 Å². The number of methoxy groups -OCH3 is 1. The van der Waals surface area contributed by atoms with Crippen molar-refractivity contribution in [3.05, 3.63) is 60.2 Å². The molecule has 29 heavy (non-hydrogen) atoms. The number of hydrogen-bond donors (Lipinski definition) is 0. The lowest BCUT2D eigenvalue weighted by molar-refractivity contribution is -0.133. The number of likely N-dealkylation sites (tertiary alicyclic amines) is 1. The standard InChI is InChI=1S/C22H26N2O4S/c1-28-19-11-9-17(10-12-19)18-13-15-23(16-18)22(25)21-8-5-14-24(21)29(26,27)20-6-3-2-4-7-20/h2-4,6-7,9-12,18,21H,5,8,13-16H2,1H3. The largest absolute Gasteiger partial charge is 0.497 e. The Bertz CT molecular complexity index is 960. The van der Waals surface area contributed by atoms with Gasteiger partial charge in [0.25, 0.3) is 0 Å². The molecule has 7 heteroatoms. The molecule has 2 atom stereocenters. The summed E-state index contributed by atoms with van der Waals surface area (Å²) in [6.07, 6.45) is 2.17. The number of carbonyl (C=O) groups is 1. The molecule has 0 radical (unpaired) electrons. The molecule has 0 N–H and O–H groups in total. The summed E-state index contributed by atoms with van der Waals surface area (Å²) in [6, 6.07) is 15.7. The molecule has 2 unspecified atom stereocenters. The maximum atomic E-state index is 13.2. The number of sulfonamides is 1. The van der Waals surface area contributed by atoms with Crippen LogP contribution in [0.15, 0.2) is 59.5 Å². The molecule has 0 bridgehead atoms. The summed E-state index contributed by atoms with van der Waals surface area (Å²) in [5.41, 5.74) is 1.18. The third-order valence-electron chi connectivity index (χ3n) is 5.93. The zero-order valence-electron chi connectivity index (χ0n) is 16.5. The Balaban J connectivity index is 1.47. The Morgan fingerprint density at radius 2 is 1.72 bits per heavy atom. The predicted molar refractivity (Wildman–Crippen MR) is 110 cm³/mol. The van der Waals surface area contributed by atoms with Gasteiger partial charge in [0.1, 0.15) is 11.8 Å². The number of nitrogens with zero attached hydrogens (tertiary/aromatic N) is 2. The first-order chi connectivity index (χ1) is 14.0. The molecule has 154 valence electrons. The van der Waals surface area contributed by atoms with E-state index in [0.717, 1.165) is 12.2 Å². The second kappa shape index (κ2) is 8.16. The van der Waals surface area contributed by atoms with Crippen LogP contribution in [-0.2, 0) is 14.8 Å². The van der Waals surface area contributed by atoms with Gasteiger partial charge >= 0.3 is 0 Å². The van der Waals surface area contributed by atoms with Gasteiger partial charge in [-0.25, -0.2) is 8.42 Å². The highest BCUT2D eigenvalue weighted by atomic mass is 32.2. The molecule has 2 aromatic rings. The molecule has 2 aliphatic rings. The van der Waals surface area contributed by atoms with Crippen LogP contribution in [0.1, 0.15) is 30.7 Å². The molecule has 0 spiro atoms. The van der Waals surface area contributed by atoms with Crippen LogP contribution >= 0.6 is 0 Å². The fraction of sp³-hybridized carbons (Fsp3) is 0.409. The molecular weight excluding hydrogens is 388 g/mol. The van der Waals surface area contributed by atoms with E-state index >= 15 is 0 Å². The van der Waals surface area contributed by atoms with Crippen molar-refractivity contribution < 1.29 is 17.9 Å². The molecule has 2 heterocycles. The van der Waals surface area contributed by atoms with Gasteiger partial charge in [-0.15, -0.1) is 0 Å². The van der Waals surface area contributed by atoms with Gasteiger partial charge in [0.05, 0.1) is 12.0 Å². The van der Waals surface area contributed by atoms with Crippen LogP contribution in [0.4, 0.5) is 0 Å². The first-order valence-corrected chi connectivity index (χ1v) is 11.4. The quantitative estimate of drug-likeness (QED) is 0.755. The van der Waals surface area contributed by atoms with Crippen LogP contribution in [0.5, 0.6) is 5.75 Å². The smallest absolute Gasteiger partial charge is 0.243 e. The summed E-state index contributed by atoms with van der Waals surface area (Å²) >= 11 is 0. The topological polar surface area (TPSA) is 66.9 Å². The fourth-order valence-corrected chi connectivity index (χ4v) is 5.99. The minimum absolute atomic E-state index is 0.0713. The molecule has 4 rings (SSSR count). The highest BCUT2D eigenvalue weighted by Gasteiger charge is 2.42.